The van der Waals surface area contributed by atoms with E-state index in [9.17, 15) is 5.21 Å². The molecule has 8 heavy (non-hydrogen) atoms. The van der Waals surface area contributed by atoms with Crippen LogP contribution >= 0.6 is 0 Å². The Hall–Kier alpha value is -1.12. The first kappa shape index (κ1) is 5.03. The van der Waals surface area contributed by atoms with Gasteiger partial charge in [-0.25, -0.2) is 0 Å². The monoisotopic (exact) mass is 110 g/mol. The Balaban J connectivity index is 3.08. The SMILES string of the molecule is Cc1ccc[n+]([O-])n1. The first-order valence-corrected chi connectivity index (χ1v) is 2.32. The van der Waals surface area contributed by atoms with E-state index in [1.54, 1.807) is 19.1 Å². The van der Waals surface area contributed by atoms with E-state index in [2.05, 4.69) is 5.10 Å². The van der Waals surface area contributed by atoms with Gasteiger partial charge in [0.15, 0.2) is 0 Å². The summed E-state index contributed by atoms with van der Waals surface area (Å²) in [5.41, 5.74) is 0.738. The van der Waals surface area contributed by atoms with E-state index in [1.807, 2.05) is 0 Å². The molecule has 0 amide bonds. The van der Waals surface area contributed by atoms with Gasteiger partial charge < -0.3 is 5.21 Å². The van der Waals surface area contributed by atoms with Crippen LogP contribution in [0.5, 0.6) is 0 Å². The Morgan fingerprint density at radius 3 is 2.88 bits per heavy atom. The van der Waals surface area contributed by atoms with Crippen LogP contribution in [0.3, 0.4) is 0 Å². The third-order valence-electron chi connectivity index (χ3n) is 0.807. The highest BCUT2D eigenvalue weighted by Gasteiger charge is 1.87. The summed E-state index contributed by atoms with van der Waals surface area (Å²) in [6.07, 6.45) is 1.35. The van der Waals surface area contributed by atoms with Crippen molar-refractivity contribution in [2.24, 2.45) is 0 Å². The fraction of sp³-hybridized carbons (Fsp3) is 0.200. The first-order valence-electron chi connectivity index (χ1n) is 2.32. The van der Waals surface area contributed by atoms with Gasteiger partial charge in [-0.15, -0.1) is 0 Å². The smallest absolute Gasteiger partial charge is 0.209 e. The van der Waals surface area contributed by atoms with Gasteiger partial charge in [0.1, 0.15) is 5.69 Å². The van der Waals surface area contributed by atoms with Gasteiger partial charge in [-0.3, -0.25) is 0 Å². The number of aromatic nitrogens is 2. The summed E-state index contributed by atoms with van der Waals surface area (Å²) in [5, 5.41) is 13.8. The van der Waals surface area contributed by atoms with Gasteiger partial charge >= 0.3 is 0 Å². The van der Waals surface area contributed by atoms with E-state index < -0.39 is 0 Å². The highest BCUT2D eigenvalue weighted by molar-refractivity contribution is 4.92. The number of aryl methyl sites for hydroxylation is 1. The lowest BCUT2D eigenvalue weighted by atomic mass is 10.4. The Kier molecular flexibility index (Phi) is 1.12. The minimum Gasteiger partial charge on any atom is -0.594 e. The lowest BCUT2D eigenvalue weighted by Gasteiger charge is -1.89. The van der Waals surface area contributed by atoms with Crippen molar-refractivity contribution in [2.75, 3.05) is 0 Å². The second-order valence-corrected chi connectivity index (χ2v) is 1.55. The summed E-state index contributed by atoms with van der Waals surface area (Å²) in [5.74, 6) is 0. The molecule has 0 atom stereocenters. The molecule has 1 aromatic rings. The molecular formula is C5H6N2O. The number of nitrogens with zero attached hydrogens (tertiary/aromatic N) is 2. The topological polar surface area (TPSA) is 39.8 Å². The maximum atomic E-state index is 10.3. The van der Waals surface area contributed by atoms with Crippen LogP contribution in [0.2, 0.25) is 0 Å². The lowest BCUT2D eigenvalue weighted by molar-refractivity contribution is -0.669. The summed E-state index contributed by atoms with van der Waals surface area (Å²) >= 11 is 0. The van der Waals surface area contributed by atoms with Crippen molar-refractivity contribution in [1.82, 2.24) is 5.10 Å². The summed E-state index contributed by atoms with van der Waals surface area (Å²) < 4.78 is 0. The summed E-state index contributed by atoms with van der Waals surface area (Å²) in [6.45, 7) is 1.77. The molecular weight excluding hydrogens is 104 g/mol. The zero-order valence-electron chi connectivity index (χ0n) is 4.53. The van der Waals surface area contributed by atoms with E-state index in [1.165, 1.54) is 6.20 Å². The predicted octanol–water partition coefficient (Wildman–Crippen LogP) is 0.0234. The van der Waals surface area contributed by atoms with Gasteiger partial charge in [-0.05, 0) is 13.0 Å². The van der Waals surface area contributed by atoms with Gasteiger partial charge in [0.25, 0.3) is 0 Å². The van der Waals surface area contributed by atoms with Crippen LogP contribution in [-0.4, -0.2) is 5.10 Å². The van der Waals surface area contributed by atoms with E-state index in [-0.39, 0.29) is 0 Å². The van der Waals surface area contributed by atoms with Crippen LogP contribution in [0.1, 0.15) is 5.69 Å². The van der Waals surface area contributed by atoms with Gasteiger partial charge in [-0.1, -0.05) is 4.85 Å². The lowest BCUT2D eigenvalue weighted by Crippen LogP contribution is -2.30. The van der Waals surface area contributed by atoms with Crippen molar-refractivity contribution in [3.05, 3.63) is 29.2 Å². The molecule has 42 valence electrons. The fourth-order valence-corrected chi connectivity index (χ4v) is 0.478. The van der Waals surface area contributed by atoms with Crippen LogP contribution in [-0.2, 0) is 0 Å². The first-order chi connectivity index (χ1) is 3.79. The van der Waals surface area contributed by atoms with Crippen molar-refractivity contribution < 1.29 is 4.85 Å². The molecule has 0 saturated heterocycles. The molecule has 1 aromatic heterocycles. The van der Waals surface area contributed by atoms with Gasteiger partial charge in [-0.2, -0.15) is 0 Å². The Morgan fingerprint density at radius 1 is 1.75 bits per heavy atom. The molecule has 0 spiro atoms. The highest BCUT2D eigenvalue weighted by atomic mass is 16.5. The molecule has 0 aliphatic rings. The second-order valence-electron chi connectivity index (χ2n) is 1.55. The fourth-order valence-electron chi connectivity index (χ4n) is 0.478. The molecule has 1 rings (SSSR count). The van der Waals surface area contributed by atoms with E-state index in [0.29, 0.717) is 4.85 Å². The van der Waals surface area contributed by atoms with Crippen LogP contribution < -0.4 is 4.85 Å². The molecule has 3 nitrogen and oxygen atoms in total. The minimum atomic E-state index is 0.537. The van der Waals surface area contributed by atoms with Gasteiger partial charge in [0, 0.05) is 11.2 Å². The van der Waals surface area contributed by atoms with E-state index in [4.69, 9.17) is 0 Å². The molecule has 0 aliphatic carbocycles. The van der Waals surface area contributed by atoms with Crippen molar-refractivity contribution in [3.63, 3.8) is 0 Å². The number of rotatable bonds is 0. The van der Waals surface area contributed by atoms with E-state index >= 15 is 0 Å². The molecule has 0 unspecified atom stereocenters. The largest absolute Gasteiger partial charge is 0.594 e. The molecule has 0 bridgehead atoms. The Labute approximate surface area is 47.2 Å². The standard InChI is InChI=1S/C5H6N2O/c1-5-3-2-4-7(8)6-5/h2-4H,1H3. The van der Waals surface area contributed by atoms with E-state index in [0.717, 1.165) is 5.69 Å². The number of hydrogen-bond donors (Lipinski definition) is 0. The zero-order valence-corrected chi connectivity index (χ0v) is 4.53. The predicted molar refractivity (Wildman–Crippen MR) is 27.9 cm³/mol. The van der Waals surface area contributed by atoms with Gasteiger partial charge in [0.05, 0.1) is 0 Å². The Bertz CT molecular complexity index is 170. The van der Waals surface area contributed by atoms with Crippen LogP contribution in [0, 0.1) is 12.1 Å². The molecule has 3 heteroatoms. The highest BCUT2D eigenvalue weighted by Crippen LogP contribution is 1.81. The van der Waals surface area contributed by atoms with Crippen LogP contribution in [0.25, 0.3) is 0 Å². The third-order valence-corrected chi connectivity index (χ3v) is 0.807. The van der Waals surface area contributed by atoms with Crippen molar-refractivity contribution >= 4 is 0 Å². The second kappa shape index (κ2) is 1.78. The molecule has 0 aromatic carbocycles. The number of hydrogen-bond acceptors (Lipinski definition) is 2. The molecule has 1 heterocycles. The minimum absolute atomic E-state index is 0.537. The molecule has 0 fully saturated rings. The van der Waals surface area contributed by atoms with Gasteiger partial charge in [0.2, 0.25) is 6.20 Å². The van der Waals surface area contributed by atoms with Crippen LogP contribution in [0.4, 0.5) is 0 Å². The Morgan fingerprint density at radius 2 is 2.50 bits per heavy atom. The summed E-state index contributed by atoms with van der Waals surface area (Å²) in [6, 6.07) is 3.43. The quantitative estimate of drug-likeness (QED) is 0.349. The average molecular weight is 110 g/mol. The summed E-state index contributed by atoms with van der Waals surface area (Å²) in [4.78, 5) is 0.537. The van der Waals surface area contributed by atoms with Crippen molar-refractivity contribution in [3.8, 4) is 0 Å². The summed E-state index contributed by atoms with van der Waals surface area (Å²) in [7, 11) is 0. The molecule has 0 radical (unpaired) electrons. The normalized spacial score (nSPS) is 9.12. The molecule has 0 N–H and O–H groups in total. The van der Waals surface area contributed by atoms with Crippen LogP contribution in [0.15, 0.2) is 18.3 Å². The van der Waals surface area contributed by atoms with Crippen molar-refractivity contribution in [1.29, 1.82) is 0 Å². The zero-order chi connectivity index (χ0) is 5.98. The molecule has 0 saturated carbocycles. The van der Waals surface area contributed by atoms with Crippen molar-refractivity contribution in [2.45, 2.75) is 6.92 Å². The molecule has 0 aliphatic heterocycles. The third kappa shape index (κ3) is 0.932. The average Bonchev–Trinajstić information content (AvgIpc) is 1.64. The maximum Gasteiger partial charge on any atom is 0.209 e. The maximum absolute atomic E-state index is 10.3.